The van der Waals surface area contributed by atoms with E-state index < -0.39 is 5.97 Å². The summed E-state index contributed by atoms with van der Waals surface area (Å²) in [4.78, 5) is 18.6. The third-order valence-corrected chi connectivity index (χ3v) is 4.86. The molecule has 0 bridgehead atoms. The maximum atomic E-state index is 10.9. The first-order valence-electron chi connectivity index (χ1n) is 9.77. The minimum absolute atomic E-state index is 0.238. The van der Waals surface area contributed by atoms with E-state index in [-0.39, 0.29) is 5.56 Å². The van der Waals surface area contributed by atoms with Gasteiger partial charge in [0, 0.05) is 6.07 Å². The number of H-pyrrole nitrogens is 1. The SMILES string of the molecule is COc1ccc2nc(/C(C#N)=C\c3ccc(OCc4ccc(C(=O)O)cc4)cc3)[nH]c2c1. The summed E-state index contributed by atoms with van der Waals surface area (Å²) in [6, 6.07) is 21.6. The van der Waals surface area contributed by atoms with Gasteiger partial charge in [0.1, 0.15) is 30.0 Å². The lowest BCUT2D eigenvalue weighted by atomic mass is 10.1. The Kier molecular flexibility index (Phi) is 5.86. The molecule has 158 valence electrons. The monoisotopic (exact) mass is 425 g/mol. The molecule has 2 N–H and O–H groups in total. The number of allylic oxidation sites excluding steroid dienone is 1. The van der Waals surface area contributed by atoms with Crippen molar-refractivity contribution in [3.05, 3.63) is 89.2 Å². The second-order valence-corrected chi connectivity index (χ2v) is 7.00. The molecule has 0 atom stereocenters. The summed E-state index contributed by atoms with van der Waals surface area (Å²) in [5, 5.41) is 18.6. The van der Waals surface area contributed by atoms with Crippen LogP contribution >= 0.6 is 0 Å². The van der Waals surface area contributed by atoms with Crippen LogP contribution in [0.3, 0.4) is 0 Å². The number of nitrogens with zero attached hydrogens (tertiary/aromatic N) is 2. The number of aromatic carboxylic acids is 1. The van der Waals surface area contributed by atoms with Crippen molar-refractivity contribution in [2.75, 3.05) is 7.11 Å². The summed E-state index contributed by atoms with van der Waals surface area (Å²) in [6.07, 6.45) is 1.75. The van der Waals surface area contributed by atoms with E-state index in [0.29, 0.717) is 29.5 Å². The number of ether oxygens (including phenoxy) is 2. The van der Waals surface area contributed by atoms with Gasteiger partial charge < -0.3 is 19.6 Å². The van der Waals surface area contributed by atoms with Crippen LogP contribution in [0.1, 0.15) is 27.3 Å². The molecule has 4 rings (SSSR count). The van der Waals surface area contributed by atoms with Crippen molar-refractivity contribution in [1.82, 2.24) is 9.97 Å². The van der Waals surface area contributed by atoms with Crippen LogP contribution in [-0.4, -0.2) is 28.2 Å². The molecule has 7 nitrogen and oxygen atoms in total. The molecule has 0 spiro atoms. The van der Waals surface area contributed by atoms with Gasteiger partial charge in [0.25, 0.3) is 0 Å². The van der Waals surface area contributed by atoms with Crippen LogP contribution < -0.4 is 9.47 Å². The van der Waals surface area contributed by atoms with Crippen molar-refractivity contribution in [3.8, 4) is 17.6 Å². The van der Waals surface area contributed by atoms with Crippen molar-refractivity contribution in [1.29, 1.82) is 5.26 Å². The van der Waals surface area contributed by atoms with Crippen LogP contribution in [0, 0.1) is 11.3 Å². The number of rotatable bonds is 7. The van der Waals surface area contributed by atoms with E-state index in [9.17, 15) is 10.1 Å². The molecule has 1 aromatic heterocycles. The maximum absolute atomic E-state index is 10.9. The number of aromatic amines is 1. The number of hydrogen-bond acceptors (Lipinski definition) is 5. The maximum Gasteiger partial charge on any atom is 0.335 e. The molecule has 32 heavy (non-hydrogen) atoms. The molecule has 3 aromatic carbocycles. The molecular formula is C25H19N3O4. The number of carboxylic acids is 1. The van der Waals surface area contributed by atoms with Crippen LogP contribution in [-0.2, 0) is 6.61 Å². The van der Waals surface area contributed by atoms with Crippen LogP contribution in [0.4, 0.5) is 0 Å². The highest BCUT2D eigenvalue weighted by Gasteiger charge is 2.09. The average Bonchev–Trinajstić information content (AvgIpc) is 3.25. The van der Waals surface area contributed by atoms with Crippen LogP contribution in [0.15, 0.2) is 66.7 Å². The number of hydrogen-bond donors (Lipinski definition) is 2. The molecular weight excluding hydrogens is 406 g/mol. The first-order chi connectivity index (χ1) is 15.6. The first kappa shape index (κ1) is 20.7. The zero-order valence-corrected chi connectivity index (χ0v) is 17.2. The zero-order valence-electron chi connectivity index (χ0n) is 17.2. The van der Waals surface area contributed by atoms with E-state index >= 15 is 0 Å². The van der Waals surface area contributed by atoms with E-state index in [1.807, 2.05) is 42.5 Å². The standard InChI is InChI=1S/C25H19N3O4/c1-31-21-10-11-22-23(13-21)28-24(27-22)19(14-26)12-16-4-8-20(9-5-16)32-15-17-2-6-18(7-3-17)25(29)30/h2-13H,15H2,1H3,(H,27,28)(H,29,30)/b19-12-. The molecule has 0 aliphatic carbocycles. The third-order valence-electron chi connectivity index (χ3n) is 4.86. The summed E-state index contributed by atoms with van der Waals surface area (Å²) >= 11 is 0. The Hall–Kier alpha value is -4.57. The molecule has 0 saturated carbocycles. The minimum atomic E-state index is -0.958. The largest absolute Gasteiger partial charge is 0.497 e. The van der Waals surface area contributed by atoms with Crippen molar-refractivity contribution >= 4 is 28.7 Å². The van der Waals surface area contributed by atoms with Gasteiger partial charge in [-0.3, -0.25) is 0 Å². The molecule has 0 unspecified atom stereocenters. The van der Waals surface area contributed by atoms with Gasteiger partial charge in [-0.1, -0.05) is 24.3 Å². The Labute approximate surface area is 184 Å². The summed E-state index contributed by atoms with van der Waals surface area (Å²) in [6.45, 7) is 0.320. The van der Waals surface area contributed by atoms with Gasteiger partial charge in [-0.15, -0.1) is 0 Å². The number of methoxy groups -OCH3 is 1. The average molecular weight is 425 g/mol. The van der Waals surface area contributed by atoms with E-state index in [0.717, 1.165) is 22.2 Å². The van der Waals surface area contributed by atoms with Crippen molar-refractivity contribution in [2.24, 2.45) is 0 Å². The minimum Gasteiger partial charge on any atom is -0.497 e. The molecule has 4 aromatic rings. The smallest absolute Gasteiger partial charge is 0.335 e. The Bertz CT molecular complexity index is 1330. The Balaban J connectivity index is 1.46. The van der Waals surface area contributed by atoms with E-state index in [1.165, 1.54) is 0 Å². The van der Waals surface area contributed by atoms with Gasteiger partial charge in [-0.2, -0.15) is 5.26 Å². The summed E-state index contributed by atoms with van der Waals surface area (Å²) in [5.74, 6) is 0.906. The molecule has 0 saturated heterocycles. The lowest BCUT2D eigenvalue weighted by Gasteiger charge is -2.07. The summed E-state index contributed by atoms with van der Waals surface area (Å²) in [5.41, 5.74) is 3.89. The van der Waals surface area contributed by atoms with Gasteiger partial charge in [0.15, 0.2) is 0 Å². The lowest BCUT2D eigenvalue weighted by Crippen LogP contribution is -1.98. The predicted octanol–water partition coefficient (Wildman–Crippen LogP) is 4.91. The molecule has 7 heteroatoms. The van der Waals surface area contributed by atoms with E-state index in [2.05, 4.69) is 16.0 Å². The fourth-order valence-corrected chi connectivity index (χ4v) is 3.13. The Morgan fingerprint density at radius 2 is 1.81 bits per heavy atom. The fourth-order valence-electron chi connectivity index (χ4n) is 3.13. The zero-order chi connectivity index (χ0) is 22.5. The summed E-state index contributed by atoms with van der Waals surface area (Å²) < 4.78 is 11.0. The Morgan fingerprint density at radius 1 is 1.09 bits per heavy atom. The number of nitriles is 1. The fraction of sp³-hybridized carbons (Fsp3) is 0.0800. The predicted molar refractivity (Wildman–Crippen MR) is 120 cm³/mol. The van der Waals surface area contributed by atoms with Crippen LogP contribution in [0.25, 0.3) is 22.7 Å². The number of carboxylic acid groups (broad SMARTS) is 1. The van der Waals surface area contributed by atoms with Crippen molar-refractivity contribution in [3.63, 3.8) is 0 Å². The van der Waals surface area contributed by atoms with Crippen LogP contribution in [0.5, 0.6) is 11.5 Å². The highest BCUT2D eigenvalue weighted by molar-refractivity contribution is 5.90. The number of aromatic nitrogens is 2. The topological polar surface area (TPSA) is 108 Å². The molecule has 0 aliphatic heterocycles. The van der Waals surface area contributed by atoms with Crippen LogP contribution in [0.2, 0.25) is 0 Å². The number of carbonyl (C=O) groups is 1. The molecule has 0 amide bonds. The van der Waals surface area contributed by atoms with Gasteiger partial charge in [-0.05, 0) is 53.6 Å². The lowest BCUT2D eigenvalue weighted by molar-refractivity contribution is 0.0697. The van der Waals surface area contributed by atoms with Gasteiger partial charge in [-0.25, -0.2) is 9.78 Å². The molecule has 0 fully saturated rings. The highest BCUT2D eigenvalue weighted by Crippen LogP contribution is 2.23. The summed E-state index contributed by atoms with van der Waals surface area (Å²) in [7, 11) is 1.60. The Morgan fingerprint density at radius 3 is 2.47 bits per heavy atom. The van der Waals surface area contributed by atoms with Crippen molar-refractivity contribution in [2.45, 2.75) is 6.61 Å². The normalized spacial score (nSPS) is 11.2. The highest BCUT2D eigenvalue weighted by atomic mass is 16.5. The van der Waals surface area contributed by atoms with E-state index in [1.54, 1.807) is 37.5 Å². The second kappa shape index (κ2) is 9.06. The number of fused-ring (bicyclic) bond motifs is 1. The molecule has 1 heterocycles. The van der Waals surface area contributed by atoms with Gasteiger partial charge in [0.05, 0.1) is 29.3 Å². The number of benzene rings is 3. The molecule has 0 aliphatic rings. The first-order valence-corrected chi connectivity index (χ1v) is 9.77. The third kappa shape index (κ3) is 4.60. The number of imidazole rings is 1. The second-order valence-electron chi connectivity index (χ2n) is 7.00. The van der Waals surface area contributed by atoms with Gasteiger partial charge in [0.2, 0.25) is 0 Å². The van der Waals surface area contributed by atoms with Gasteiger partial charge >= 0.3 is 5.97 Å². The van der Waals surface area contributed by atoms with Crippen molar-refractivity contribution < 1.29 is 19.4 Å². The number of nitrogens with one attached hydrogen (secondary N) is 1. The molecule has 0 radical (unpaired) electrons. The quantitative estimate of drug-likeness (QED) is 0.407. The van der Waals surface area contributed by atoms with E-state index in [4.69, 9.17) is 14.6 Å².